The lowest BCUT2D eigenvalue weighted by molar-refractivity contribution is -0.0835. The van der Waals surface area contributed by atoms with Gasteiger partial charge in [0.1, 0.15) is 0 Å². The third-order valence-corrected chi connectivity index (χ3v) is 3.94. The van der Waals surface area contributed by atoms with Crippen LogP contribution in [0.25, 0.3) is 0 Å². The molecule has 1 N–H and O–H groups in total. The first kappa shape index (κ1) is 12.0. The van der Waals surface area contributed by atoms with Crippen LogP contribution >= 0.6 is 0 Å². The molecule has 1 aliphatic heterocycles. The zero-order valence-electron chi connectivity index (χ0n) is 10.1. The fraction of sp³-hybridized carbons (Fsp3) is 0.857. The Kier molecular flexibility index (Phi) is 4.26. The number of unbranched alkanes of at least 4 members (excludes halogenated alkanes) is 1. The second kappa shape index (κ2) is 5.70. The Labute approximate surface area is 99.1 Å². The van der Waals surface area contributed by atoms with E-state index in [1.165, 1.54) is 32.1 Å². The molecular formula is C14H23NO. The van der Waals surface area contributed by atoms with Gasteiger partial charge in [-0.3, -0.25) is 0 Å². The van der Waals surface area contributed by atoms with Crippen molar-refractivity contribution in [2.24, 2.45) is 0 Å². The lowest BCUT2D eigenvalue weighted by Gasteiger charge is -2.38. The molecule has 2 fully saturated rings. The topological polar surface area (TPSA) is 21.3 Å². The van der Waals surface area contributed by atoms with Crippen LogP contribution in [-0.4, -0.2) is 24.8 Å². The standard InChI is InChI=1S/C14H23NO/c1-2-3-6-10-15-13-7-11-16-14(12-13)8-4-5-9-14/h1,13,15H,3-12H2. The average molecular weight is 221 g/mol. The molecule has 2 nitrogen and oxygen atoms in total. The van der Waals surface area contributed by atoms with Crippen LogP contribution in [0.3, 0.4) is 0 Å². The monoisotopic (exact) mass is 221 g/mol. The maximum Gasteiger partial charge on any atom is 0.0697 e. The Hall–Kier alpha value is -0.520. The van der Waals surface area contributed by atoms with E-state index in [4.69, 9.17) is 11.2 Å². The summed E-state index contributed by atoms with van der Waals surface area (Å²) in [7, 11) is 0. The summed E-state index contributed by atoms with van der Waals surface area (Å²) in [5, 5.41) is 3.63. The lowest BCUT2D eigenvalue weighted by Crippen LogP contribution is -2.45. The van der Waals surface area contributed by atoms with Crippen LogP contribution in [-0.2, 0) is 4.74 Å². The van der Waals surface area contributed by atoms with Gasteiger partial charge in [0.25, 0.3) is 0 Å². The Balaban J connectivity index is 1.72. The van der Waals surface area contributed by atoms with Gasteiger partial charge < -0.3 is 10.1 Å². The first-order chi connectivity index (χ1) is 7.85. The Bertz CT molecular complexity index is 250. The highest BCUT2D eigenvalue weighted by Gasteiger charge is 2.39. The van der Waals surface area contributed by atoms with Crippen molar-refractivity contribution in [3.63, 3.8) is 0 Å². The molecule has 0 radical (unpaired) electrons. The van der Waals surface area contributed by atoms with Crippen LogP contribution in [0.15, 0.2) is 0 Å². The number of terminal acetylenes is 1. The predicted molar refractivity (Wildman–Crippen MR) is 66.2 cm³/mol. The van der Waals surface area contributed by atoms with E-state index in [0.29, 0.717) is 6.04 Å². The van der Waals surface area contributed by atoms with Crippen LogP contribution in [0.1, 0.15) is 51.4 Å². The molecule has 1 heterocycles. The van der Waals surface area contributed by atoms with E-state index in [1.807, 2.05) is 0 Å². The zero-order valence-corrected chi connectivity index (χ0v) is 10.1. The molecule has 2 rings (SSSR count). The fourth-order valence-corrected chi connectivity index (χ4v) is 3.07. The molecule has 2 heteroatoms. The van der Waals surface area contributed by atoms with Gasteiger partial charge in [-0.1, -0.05) is 12.8 Å². The van der Waals surface area contributed by atoms with Gasteiger partial charge >= 0.3 is 0 Å². The van der Waals surface area contributed by atoms with E-state index in [9.17, 15) is 0 Å². The van der Waals surface area contributed by atoms with Gasteiger partial charge in [0.15, 0.2) is 0 Å². The van der Waals surface area contributed by atoms with Crippen LogP contribution in [0.2, 0.25) is 0 Å². The van der Waals surface area contributed by atoms with Gasteiger partial charge in [-0.05, 0) is 38.6 Å². The van der Waals surface area contributed by atoms with Gasteiger partial charge in [-0.25, -0.2) is 0 Å². The maximum absolute atomic E-state index is 6.01. The van der Waals surface area contributed by atoms with Crippen molar-refractivity contribution in [2.45, 2.75) is 63.0 Å². The van der Waals surface area contributed by atoms with E-state index in [1.54, 1.807) is 0 Å². The highest BCUT2D eigenvalue weighted by Crippen LogP contribution is 2.39. The van der Waals surface area contributed by atoms with Crippen molar-refractivity contribution in [2.75, 3.05) is 13.2 Å². The molecule has 1 spiro atoms. The minimum absolute atomic E-state index is 0.238. The molecule has 1 saturated carbocycles. The molecule has 0 aromatic rings. The second-order valence-electron chi connectivity index (χ2n) is 5.19. The molecule has 1 unspecified atom stereocenters. The zero-order chi connectivity index (χ0) is 11.3. The smallest absolute Gasteiger partial charge is 0.0697 e. The van der Waals surface area contributed by atoms with Crippen molar-refractivity contribution in [3.05, 3.63) is 0 Å². The summed E-state index contributed by atoms with van der Waals surface area (Å²) in [6, 6.07) is 0.657. The Morgan fingerprint density at radius 1 is 1.38 bits per heavy atom. The van der Waals surface area contributed by atoms with E-state index in [-0.39, 0.29) is 5.60 Å². The normalized spacial score (nSPS) is 28.1. The van der Waals surface area contributed by atoms with Gasteiger partial charge in [-0.2, -0.15) is 0 Å². The van der Waals surface area contributed by atoms with Crippen LogP contribution in [0, 0.1) is 12.3 Å². The molecule has 0 aromatic heterocycles. The largest absolute Gasteiger partial charge is 0.375 e. The van der Waals surface area contributed by atoms with Crippen LogP contribution in [0.4, 0.5) is 0 Å². The molecular weight excluding hydrogens is 198 g/mol. The molecule has 0 aromatic carbocycles. The van der Waals surface area contributed by atoms with Crippen molar-refractivity contribution in [3.8, 4) is 12.3 Å². The van der Waals surface area contributed by atoms with Gasteiger partial charge in [-0.15, -0.1) is 12.3 Å². The average Bonchev–Trinajstić information content (AvgIpc) is 2.73. The first-order valence-electron chi connectivity index (χ1n) is 6.65. The summed E-state index contributed by atoms with van der Waals surface area (Å²) in [5.41, 5.74) is 0.238. The Morgan fingerprint density at radius 2 is 2.19 bits per heavy atom. The second-order valence-corrected chi connectivity index (χ2v) is 5.19. The Morgan fingerprint density at radius 3 is 2.94 bits per heavy atom. The van der Waals surface area contributed by atoms with Crippen molar-refractivity contribution < 1.29 is 4.74 Å². The summed E-state index contributed by atoms with van der Waals surface area (Å²) in [6.45, 7) is 2.00. The number of rotatable bonds is 4. The molecule has 0 bridgehead atoms. The minimum atomic E-state index is 0.238. The van der Waals surface area contributed by atoms with Crippen molar-refractivity contribution in [1.29, 1.82) is 0 Å². The number of hydrogen-bond donors (Lipinski definition) is 1. The molecule has 2 aliphatic rings. The number of ether oxygens (including phenoxy) is 1. The van der Waals surface area contributed by atoms with Gasteiger partial charge in [0, 0.05) is 19.1 Å². The lowest BCUT2D eigenvalue weighted by atomic mass is 9.89. The molecule has 1 atom stereocenters. The quantitative estimate of drug-likeness (QED) is 0.581. The third-order valence-electron chi connectivity index (χ3n) is 3.94. The SMILES string of the molecule is C#CCCCNC1CCOC2(CCCC2)C1. The summed E-state index contributed by atoms with van der Waals surface area (Å²) in [4.78, 5) is 0. The molecule has 90 valence electrons. The number of hydrogen-bond acceptors (Lipinski definition) is 2. The van der Waals surface area contributed by atoms with Crippen LogP contribution < -0.4 is 5.32 Å². The summed E-state index contributed by atoms with van der Waals surface area (Å²) >= 11 is 0. The molecule has 1 aliphatic carbocycles. The molecule has 0 amide bonds. The summed E-state index contributed by atoms with van der Waals surface area (Å²) in [6.07, 6.45) is 14.9. The summed E-state index contributed by atoms with van der Waals surface area (Å²) < 4.78 is 6.01. The fourth-order valence-electron chi connectivity index (χ4n) is 3.07. The van der Waals surface area contributed by atoms with E-state index < -0.39 is 0 Å². The van der Waals surface area contributed by atoms with E-state index in [0.717, 1.165) is 32.4 Å². The van der Waals surface area contributed by atoms with Crippen molar-refractivity contribution >= 4 is 0 Å². The third kappa shape index (κ3) is 2.99. The number of nitrogens with one attached hydrogen (secondary N) is 1. The molecule has 1 saturated heterocycles. The van der Waals surface area contributed by atoms with Crippen LogP contribution in [0.5, 0.6) is 0 Å². The maximum atomic E-state index is 6.01. The van der Waals surface area contributed by atoms with Gasteiger partial charge in [0.2, 0.25) is 0 Å². The van der Waals surface area contributed by atoms with Gasteiger partial charge in [0.05, 0.1) is 5.60 Å². The highest BCUT2D eigenvalue weighted by molar-refractivity contribution is 4.93. The highest BCUT2D eigenvalue weighted by atomic mass is 16.5. The summed E-state index contributed by atoms with van der Waals surface area (Å²) in [5.74, 6) is 2.69. The van der Waals surface area contributed by atoms with E-state index >= 15 is 0 Å². The minimum Gasteiger partial charge on any atom is -0.375 e. The first-order valence-corrected chi connectivity index (χ1v) is 6.65. The van der Waals surface area contributed by atoms with Crippen molar-refractivity contribution in [1.82, 2.24) is 5.32 Å². The predicted octanol–water partition coefficient (Wildman–Crippen LogP) is 2.48. The molecule has 16 heavy (non-hydrogen) atoms. The van der Waals surface area contributed by atoms with E-state index in [2.05, 4.69) is 11.2 Å².